The number of aromatic hydroxyl groups is 1. The van der Waals surface area contributed by atoms with Gasteiger partial charge >= 0.3 is 0 Å². The van der Waals surface area contributed by atoms with Crippen LogP contribution >= 0.6 is 11.3 Å². The number of nitrogens with zero attached hydrogens (tertiary/aromatic N) is 1. The maximum atomic E-state index is 12.5. The van der Waals surface area contributed by atoms with Crippen LogP contribution in [0.25, 0.3) is 10.6 Å². The number of carbonyl (C=O) groups is 1. The highest BCUT2D eigenvalue weighted by Crippen LogP contribution is 2.24. The molecule has 3 aromatic carbocycles. The number of phenols is 1. The fraction of sp³-hybridized carbons (Fsp3) is 0.214. The summed E-state index contributed by atoms with van der Waals surface area (Å²) in [6.07, 6.45) is 1.08. The van der Waals surface area contributed by atoms with E-state index in [0.717, 1.165) is 16.1 Å². The van der Waals surface area contributed by atoms with Crippen LogP contribution in [-0.4, -0.2) is 53.5 Å². The van der Waals surface area contributed by atoms with Crippen LogP contribution in [0, 0.1) is 0 Å². The van der Waals surface area contributed by atoms with E-state index in [4.69, 9.17) is 9.47 Å². The van der Waals surface area contributed by atoms with Crippen molar-refractivity contribution in [3.05, 3.63) is 95.5 Å². The third-order valence-corrected chi connectivity index (χ3v) is 6.23. The number of rotatable bonds is 13. The molecule has 4 N–H and O–H groups in total. The number of aliphatic hydroxyl groups is 1. The van der Waals surface area contributed by atoms with Crippen LogP contribution < -0.4 is 20.1 Å². The average Bonchev–Trinajstić information content (AvgIpc) is 3.47. The summed E-state index contributed by atoms with van der Waals surface area (Å²) < 4.78 is 11.4. The summed E-state index contributed by atoms with van der Waals surface area (Å²) in [5.74, 6) is 0.649. The number of thiazole rings is 1. The van der Waals surface area contributed by atoms with E-state index in [0.29, 0.717) is 37.7 Å². The van der Waals surface area contributed by atoms with Crippen LogP contribution in [0.15, 0.2) is 84.4 Å². The van der Waals surface area contributed by atoms with Crippen LogP contribution in [0.1, 0.15) is 15.9 Å². The third kappa shape index (κ3) is 8.04. The number of nitrogens with one attached hydrogen (secondary N) is 2. The molecule has 0 radical (unpaired) electrons. The van der Waals surface area contributed by atoms with Crippen LogP contribution in [0.3, 0.4) is 0 Å². The highest BCUT2D eigenvalue weighted by atomic mass is 32.1. The smallest absolute Gasteiger partial charge is 0.255 e. The van der Waals surface area contributed by atoms with Crippen molar-refractivity contribution in [1.82, 2.24) is 15.6 Å². The molecule has 37 heavy (non-hydrogen) atoms. The standard InChI is InChI=1S/C28H29N3O5S/c32-22(19-36-23-8-6-21(7-9-23)28-30-13-15-37-28)18-29-12-14-35-24-10-11-26(33)25(16-24)27(34)31-17-20-4-2-1-3-5-20/h1-11,13,15-16,22,29,32-33H,12,14,17-19H2,(H,31,34). The van der Waals surface area contributed by atoms with E-state index in [2.05, 4.69) is 15.6 Å². The van der Waals surface area contributed by atoms with E-state index in [9.17, 15) is 15.0 Å². The Hall–Kier alpha value is -3.92. The number of benzene rings is 3. The minimum absolute atomic E-state index is 0.114. The molecule has 0 spiro atoms. The predicted molar refractivity (Wildman–Crippen MR) is 143 cm³/mol. The summed E-state index contributed by atoms with van der Waals surface area (Å²) in [4.78, 5) is 16.8. The molecular weight excluding hydrogens is 490 g/mol. The second-order valence-corrected chi connectivity index (χ2v) is 9.12. The molecule has 4 aromatic rings. The summed E-state index contributed by atoms with van der Waals surface area (Å²) in [6, 6.07) is 21.7. The molecule has 0 saturated carbocycles. The number of amides is 1. The summed E-state index contributed by atoms with van der Waals surface area (Å²) in [5, 5.41) is 29.1. The largest absolute Gasteiger partial charge is 0.507 e. The van der Waals surface area contributed by atoms with Gasteiger partial charge in [-0.1, -0.05) is 30.3 Å². The zero-order chi connectivity index (χ0) is 25.9. The van der Waals surface area contributed by atoms with Gasteiger partial charge in [-0.25, -0.2) is 4.98 Å². The van der Waals surface area contributed by atoms with Gasteiger partial charge in [0.2, 0.25) is 0 Å². The van der Waals surface area contributed by atoms with Gasteiger partial charge in [-0.3, -0.25) is 4.79 Å². The minimum atomic E-state index is -0.688. The number of phenolic OH excluding ortho intramolecular Hbond substituents is 1. The Morgan fingerprint density at radius 1 is 1.00 bits per heavy atom. The van der Waals surface area contributed by atoms with Crippen molar-refractivity contribution in [1.29, 1.82) is 0 Å². The molecule has 1 atom stereocenters. The molecule has 0 aliphatic carbocycles. The summed E-state index contributed by atoms with van der Waals surface area (Å²) >= 11 is 1.58. The Morgan fingerprint density at radius 2 is 1.78 bits per heavy atom. The molecule has 8 nitrogen and oxygen atoms in total. The molecule has 9 heteroatoms. The minimum Gasteiger partial charge on any atom is -0.507 e. The Balaban J connectivity index is 1.14. The zero-order valence-corrected chi connectivity index (χ0v) is 21.0. The molecule has 1 heterocycles. The van der Waals surface area contributed by atoms with Crippen LogP contribution in [0.2, 0.25) is 0 Å². The lowest BCUT2D eigenvalue weighted by molar-refractivity contribution is 0.0947. The van der Waals surface area contributed by atoms with Crippen molar-refractivity contribution in [3.8, 4) is 27.8 Å². The Kier molecular flexibility index (Phi) is 9.47. The summed E-state index contributed by atoms with van der Waals surface area (Å²) in [6.45, 7) is 1.66. The number of hydrogen-bond donors (Lipinski definition) is 4. The van der Waals surface area contributed by atoms with Gasteiger partial charge in [-0.15, -0.1) is 11.3 Å². The maximum absolute atomic E-state index is 12.5. The lowest BCUT2D eigenvalue weighted by Gasteiger charge is -2.14. The molecular formula is C28H29N3O5S. The molecule has 1 aromatic heterocycles. The summed E-state index contributed by atoms with van der Waals surface area (Å²) in [5.41, 5.74) is 2.14. The van der Waals surface area contributed by atoms with Gasteiger partial charge in [0, 0.05) is 36.8 Å². The molecule has 0 aliphatic heterocycles. The topological polar surface area (TPSA) is 113 Å². The third-order valence-electron chi connectivity index (χ3n) is 5.41. The monoisotopic (exact) mass is 519 g/mol. The molecule has 1 amide bonds. The molecule has 0 fully saturated rings. The first-order valence-corrected chi connectivity index (χ1v) is 12.8. The lowest BCUT2D eigenvalue weighted by atomic mass is 10.1. The van der Waals surface area contributed by atoms with Crippen molar-refractivity contribution in [2.75, 3.05) is 26.3 Å². The van der Waals surface area contributed by atoms with Crippen molar-refractivity contribution in [2.45, 2.75) is 12.6 Å². The average molecular weight is 520 g/mol. The van der Waals surface area contributed by atoms with E-state index in [1.807, 2.05) is 60.0 Å². The first kappa shape index (κ1) is 26.2. The first-order chi connectivity index (χ1) is 18.1. The van der Waals surface area contributed by atoms with Crippen LogP contribution in [-0.2, 0) is 6.54 Å². The van der Waals surface area contributed by atoms with Gasteiger partial charge in [-0.2, -0.15) is 0 Å². The fourth-order valence-electron chi connectivity index (χ4n) is 3.48. The lowest BCUT2D eigenvalue weighted by Crippen LogP contribution is -2.33. The second kappa shape index (κ2) is 13.4. The van der Waals surface area contributed by atoms with Gasteiger partial charge in [-0.05, 0) is 48.0 Å². The molecule has 0 aliphatic rings. The second-order valence-electron chi connectivity index (χ2n) is 8.23. The van der Waals surface area contributed by atoms with Gasteiger partial charge in [0.1, 0.15) is 41.6 Å². The van der Waals surface area contributed by atoms with Gasteiger partial charge in [0.05, 0.1) is 5.56 Å². The maximum Gasteiger partial charge on any atom is 0.255 e. The van der Waals surface area contributed by atoms with Crippen molar-refractivity contribution >= 4 is 17.2 Å². The predicted octanol–water partition coefficient (Wildman–Crippen LogP) is 3.85. The van der Waals surface area contributed by atoms with Crippen molar-refractivity contribution in [3.63, 3.8) is 0 Å². The Bertz CT molecular complexity index is 1250. The van der Waals surface area contributed by atoms with Gasteiger partial charge in [0.15, 0.2) is 0 Å². The van der Waals surface area contributed by atoms with E-state index >= 15 is 0 Å². The Labute approximate surface area is 219 Å². The van der Waals surface area contributed by atoms with Crippen molar-refractivity contribution in [2.24, 2.45) is 0 Å². The zero-order valence-electron chi connectivity index (χ0n) is 20.2. The molecule has 0 saturated heterocycles. The Morgan fingerprint density at radius 3 is 2.54 bits per heavy atom. The van der Waals surface area contributed by atoms with Gasteiger partial charge < -0.3 is 30.3 Å². The highest BCUT2D eigenvalue weighted by molar-refractivity contribution is 7.13. The van der Waals surface area contributed by atoms with E-state index < -0.39 is 6.10 Å². The normalized spacial score (nSPS) is 11.6. The van der Waals surface area contributed by atoms with Crippen LogP contribution in [0.5, 0.6) is 17.2 Å². The number of aromatic nitrogens is 1. The number of aliphatic hydroxyl groups excluding tert-OH is 1. The number of carbonyl (C=O) groups excluding carboxylic acids is 1. The highest BCUT2D eigenvalue weighted by Gasteiger charge is 2.13. The molecule has 192 valence electrons. The van der Waals surface area contributed by atoms with E-state index in [1.54, 1.807) is 23.6 Å². The van der Waals surface area contributed by atoms with E-state index in [-0.39, 0.29) is 23.8 Å². The van der Waals surface area contributed by atoms with E-state index in [1.165, 1.54) is 12.1 Å². The first-order valence-electron chi connectivity index (χ1n) is 11.9. The molecule has 4 rings (SSSR count). The van der Waals surface area contributed by atoms with Gasteiger partial charge in [0.25, 0.3) is 5.91 Å². The van der Waals surface area contributed by atoms with Crippen molar-refractivity contribution < 1.29 is 24.5 Å². The molecule has 0 bridgehead atoms. The number of ether oxygens (including phenoxy) is 2. The summed E-state index contributed by atoms with van der Waals surface area (Å²) in [7, 11) is 0. The molecule has 1 unspecified atom stereocenters. The quantitative estimate of drug-likeness (QED) is 0.199. The number of hydrogen-bond acceptors (Lipinski definition) is 8. The SMILES string of the molecule is O=C(NCc1ccccc1)c1cc(OCCNCC(O)COc2ccc(-c3nccs3)cc2)ccc1O. The van der Waals surface area contributed by atoms with Crippen LogP contribution in [0.4, 0.5) is 0 Å². The fourth-order valence-corrected chi connectivity index (χ4v) is 4.13.